The molecular formula is C15H25N3. The fraction of sp³-hybridized carbons (Fsp3) is 0.533. The minimum absolute atomic E-state index is 0.121. The van der Waals surface area contributed by atoms with Crippen molar-refractivity contribution in [2.24, 2.45) is 11.7 Å². The van der Waals surface area contributed by atoms with Gasteiger partial charge in [-0.3, -0.25) is 10.3 Å². The Kier molecular flexibility index (Phi) is 5.35. The molecule has 0 aliphatic rings. The Labute approximate surface area is 111 Å². The summed E-state index contributed by atoms with van der Waals surface area (Å²) in [4.78, 5) is 2.33. The van der Waals surface area contributed by atoms with E-state index in [2.05, 4.69) is 43.9 Å². The van der Waals surface area contributed by atoms with E-state index in [0.717, 1.165) is 19.6 Å². The molecule has 1 rings (SSSR count). The Bertz CT molecular complexity index is 392. The van der Waals surface area contributed by atoms with Crippen LogP contribution in [0.15, 0.2) is 18.2 Å². The third-order valence-corrected chi connectivity index (χ3v) is 3.20. The molecule has 1 aromatic rings. The zero-order chi connectivity index (χ0) is 13.7. The van der Waals surface area contributed by atoms with Crippen LogP contribution in [0, 0.1) is 25.2 Å². The van der Waals surface area contributed by atoms with Gasteiger partial charge in [0, 0.05) is 19.0 Å². The fourth-order valence-electron chi connectivity index (χ4n) is 2.21. The van der Waals surface area contributed by atoms with Gasteiger partial charge in [0.15, 0.2) is 0 Å². The Morgan fingerprint density at radius 1 is 1.28 bits per heavy atom. The maximum atomic E-state index is 7.47. The highest BCUT2D eigenvalue weighted by atomic mass is 15.1. The second-order valence-electron chi connectivity index (χ2n) is 5.18. The SMILES string of the molecule is CCN(Cc1cc(C)cc(C)c1)CC(C)C(=N)N. The number of hydrogen-bond acceptors (Lipinski definition) is 2. The molecule has 1 atom stereocenters. The molecule has 1 aromatic carbocycles. The lowest BCUT2D eigenvalue weighted by molar-refractivity contribution is 0.263. The van der Waals surface area contributed by atoms with E-state index in [1.807, 2.05) is 6.92 Å². The van der Waals surface area contributed by atoms with Gasteiger partial charge in [0.25, 0.3) is 0 Å². The maximum absolute atomic E-state index is 7.47. The summed E-state index contributed by atoms with van der Waals surface area (Å²) in [5.41, 5.74) is 9.49. The third-order valence-electron chi connectivity index (χ3n) is 3.20. The summed E-state index contributed by atoms with van der Waals surface area (Å²) < 4.78 is 0. The third kappa shape index (κ3) is 4.49. The van der Waals surface area contributed by atoms with Crippen LogP contribution >= 0.6 is 0 Å². The van der Waals surface area contributed by atoms with E-state index in [1.165, 1.54) is 16.7 Å². The molecule has 0 aromatic heterocycles. The molecule has 0 amide bonds. The Morgan fingerprint density at radius 2 is 1.83 bits per heavy atom. The van der Waals surface area contributed by atoms with Crippen LogP contribution in [-0.2, 0) is 6.54 Å². The van der Waals surface area contributed by atoms with Crippen molar-refractivity contribution in [2.45, 2.75) is 34.2 Å². The molecule has 0 aliphatic carbocycles. The number of benzene rings is 1. The molecule has 18 heavy (non-hydrogen) atoms. The van der Waals surface area contributed by atoms with Gasteiger partial charge in [-0.1, -0.05) is 43.2 Å². The summed E-state index contributed by atoms with van der Waals surface area (Å²) in [7, 11) is 0. The van der Waals surface area contributed by atoms with Crippen molar-refractivity contribution < 1.29 is 0 Å². The predicted octanol–water partition coefficient (Wildman–Crippen LogP) is 2.70. The quantitative estimate of drug-likeness (QED) is 0.600. The van der Waals surface area contributed by atoms with Gasteiger partial charge in [-0.2, -0.15) is 0 Å². The highest BCUT2D eigenvalue weighted by Gasteiger charge is 2.11. The molecule has 3 nitrogen and oxygen atoms in total. The smallest absolute Gasteiger partial charge is 0.0947 e. The summed E-state index contributed by atoms with van der Waals surface area (Å²) in [6.45, 7) is 11.2. The molecule has 100 valence electrons. The number of amidine groups is 1. The first-order valence-electron chi connectivity index (χ1n) is 6.55. The Hall–Kier alpha value is -1.35. The van der Waals surface area contributed by atoms with Gasteiger partial charge < -0.3 is 5.73 Å². The van der Waals surface area contributed by atoms with Crippen molar-refractivity contribution in [3.63, 3.8) is 0 Å². The molecular weight excluding hydrogens is 222 g/mol. The summed E-state index contributed by atoms with van der Waals surface area (Å²) in [5, 5.41) is 7.47. The molecule has 0 fully saturated rings. The molecule has 0 spiro atoms. The Morgan fingerprint density at radius 3 is 2.28 bits per heavy atom. The van der Waals surface area contributed by atoms with Crippen molar-refractivity contribution in [2.75, 3.05) is 13.1 Å². The van der Waals surface area contributed by atoms with Crippen LogP contribution in [0.2, 0.25) is 0 Å². The standard InChI is InChI=1S/C15H25N3/c1-5-18(9-13(4)15(16)17)10-14-7-11(2)6-12(3)8-14/h6-8,13H,5,9-10H2,1-4H3,(H3,16,17). The van der Waals surface area contributed by atoms with Crippen LogP contribution in [0.1, 0.15) is 30.5 Å². The average molecular weight is 247 g/mol. The van der Waals surface area contributed by atoms with Gasteiger partial charge in [-0.15, -0.1) is 0 Å². The van der Waals surface area contributed by atoms with Crippen molar-refractivity contribution in [3.8, 4) is 0 Å². The molecule has 0 radical (unpaired) electrons. The van der Waals surface area contributed by atoms with E-state index >= 15 is 0 Å². The van der Waals surface area contributed by atoms with Gasteiger partial charge in [-0.05, 0) is 26.0 Å². The summed E-state index contributed by atoms with van der Waals surface area (Å²) in [6.07, 6.45) is 0. The van der Waals surface area contributed by atoms with Crippen molar-refractivity contribution in [1.29, 1.82) is 5.41 Å². The van der Waals surface area contributed by atoms with E-state index in [4.69, 9.17) is 11.1 Å². The van der Waals surface area contributed by atoms with Crippen LogP contribution < -0.4 is 5.73 Å². The van der Waals surface area contributed by atoms with E-state index < -0.39 is 0 Å². The molecule has 0 aliphatic heterocycles. The molecule has 3 heteroatoms. The van der Waals surface area contributed by atoms with Crippen molar-refractivity contribution >= 4 is 5.84 Å². The highest BCUT2D eigenvalue weighted by molar-refractivity contribution is 5.79. The lowest BCUT2D eigenvalue weighted by Gasteiger charge is -2.24. The molecule has 0 bridgehead atoms. The Balaban J connectivity index is 2.70. The molecule has 0 saturated heterocycles. The van der Waals surface area contributed by atoms with E-state index in [1.54, 1.807) is 0 Å². The molecule has 0 saturated carbocycles. The zero-order valence-corrected chi connectivity index (χ0v) is 12.0. The van der Waals surface area contributed by atoms with E-state index in [0.29, 0.717) is 0 Å². The van der Waals surface area contributed by atoms with Crippen LogP contribution in [0.5, 0.6) is 0 Å². The fourth-order valence-corrected chi connectivity index (χ4v) is 2.21. The number of aryl methyl sites for hydroxylation is 2. The van der Waals surface area contributed by atoms with Crippen molar-refractivity contribution in [1.82, 2.24) is 4.90 Å². The first-order valence-corrected chi connectivity index (χ1v) is 6.55. The first-order chi connectivity index (χ1) is 8.42. The van der Waals surface area contributed by atoms with Gasteiger partial charge in [-0.25, -0.2) is 0 Å². The topological polar surface area (TPSA) is 53.1 Å². The summed E-state index contributed by atoms with van der Waals surface area (Å²) in [6, 6.07) is 6.65. The zero-order valence-electron chi connectivity index (χ0n) is 12.0. The minimum Gasteiger partial charge on any atom is -0.387 e. The van der Waals surface area contributed by atoms with Gasteiger partial charge in [0.2, 0.25) is 0 Å². The van der Waals surface area contributed by atoms with Gasteiger partial charge in [0.05, 0.1) is 5.84 Å². The van der Waals surface area contributed by atoms with Crippen molar-refractivity contribution in [3.05, 3.63) is 34.9 Å². The number of hydrogen-bond donors (Lipinski definition) is 2. The first kappa shape index (κ1) is 14.7. The summed E-state index contributed by atoms with van der Waals surface area (Å²) >= 11 is 0. The van der Waals surface area contributed by atoms with Crippen LogP contribution in [0.3, 0.4) is 0 Å². The number of rotatable bonds is 6. The molecule has 3 N–H and O–H groups in total. The minimum atomic E-state index is 0.121. The average Bonchev–Trinajstić information content (AvgIpc) is 2.26. The van der Waals surface area contributed by atoms with E-state index in [9.17, 15) is 0 Å². The van der Waals surface area contributed by atoms with Gasteiger partial charge >= 0.3 is 0 Å². The molecule has 1 unspecified atom stereocenters. The predicted molar refractivity (Wildman–Crippen MR) is 77.9 cm³/mol. The number of nitrogens with zero attached hydrogens (tertiary/aromatic N) is 1. The normalized spacial score (nSPS) is 12.7. The number of nitrogens with two attached hydrogens (primary N) is 1. The van der Waals surface area contributed by atoms with Crippen LogP contribution in [-0.4, -0.2) is 23.8 Å². The second-order valence-corrected chi connectivity index (χ2v) is 5.18. The largest absolute Gasteiger partial charge is 0.387 e. The lowest BCUT2D eigenvalue weighted by atomic mass is 10.1. The van der Waals surface area contributed by atoms with E-state index in [-0.39, 0.29) is 11.8 Å². The monoisotopic (exact) mass is 247 g/mol. The molecule has 0 heterocycles. The van der Waals surface area contributed by atoms with Crippen LogP contribution in [0.25, 0.3) is 0 Å². The maximum Gasteiger partial charge on any atom is 0.0947 e. The highest BCUT2D eigenvalue weighted by Crippen LogP contribution is 2.12. The van der Waals surface area contributed by atoms with Gasteiger partial charge in [0.1, 0.15) is 0 Å². The number of nitrogens with one attached hydrogen (secondary N) is 1. The van der Waals surface area contributed by atoms with Crippen LogP contribution in [0.4, 0.5) is 0 Å². The lowest BCUT2D eigenvalue weighted by Crippen LogP contribution is -2.34. The summed E-state index contributed by atoms with van der Waals surface area (Å²) in [5.74, 6) is 0.393. The second kappa shape index (κ2) is 6.55.